The maximum Gasteiger partial charge on any atom is 0.133 e. The second-order valence-electron chi connectivity index (χ2n) is 5.81. The largest absolute Gasteiger partial charge is 0.391 e. The van der Waals surface area contributed by atoms with Crippen molar-refractivity contribution in [3.8, 4) is 0 Å². The number of aromatic nitrogens is 2. The Balaban J connectivity index is 2.38. The molecule has 0 fully saturated rings. The molecule has 2 aromatic rings. The Morgan fingerprint density at radius 2 is 1.75 bits per heavy atom. The van der Waals surface area contributed by atoms with Crippen LogP contribution >= 0.6 is 23.2 Å². The van der Waals surface area contributed by atoms with Gasteiger partial charge in [0.05, 0.1) is 18.8 Å². The molecular formula is C15H18Cl2N2O. The van der Waals surface area contributed by atoms with E-state index in [0.717, 1.165) is 11.3 Å². The fourth-order valence-corrected chi connectivity index (χ4v) is 2.46. The summed E-state index contributed by atoms with van der Waals surface area (Å²) in [7, 11) is 0. The number of halogens is 2. The molecule has 0 bridgehead atoms. The van der Waals surface area contributed by atoms with E-state index in [4.69, 9.17) is 23.2 Å². The van der Waals surface area contributed by atoms with Gasteiger partial charge in [-0.1, -0.05) is 56.1 Å². The lowest BCUT2D eigenvalue weighted by molar-refractivity contribution is 0.278. The maximum atomic E-state index is 9.52. The summed E-state index contributed by atoms with van der Waals surface area (Å²) in [6, 6.07) is 7.56. The lowest BCUT2D eigenvalue weighted by Gasteiger charge is -2.16. The summed E-state index contributed by atoms with van der Waals surface area (Å²) in [4.78, 5) is 0. The van der Waals surface area contributed by atoms with Crippen LogP contribution in [-0.2, 0) is 18.6 Å². The molecule has 20 heavy (non-hydrogen) atoms. The molecule has 1 heterocycles. The smallest absolute Gasteiger partial charge is 0.133 e. The van der Waals surface area contributed by atoms with Crippen molar-refractivity contribution in [1.29, 1.82) is 0 Å². The lowest BCUT2D eigenvalue weighted by Crippen LogP contribution is -2.15. The quantitative estimate of drug-likeness (QED) is 0.929. The van der Waals surface area contributed by atoms with Crippen molar-refractivity contribution < 1.29 is 5.11 Å². The zero-order valence-corrected chi connectivity index (χ0v) is 13.3. The van der Waals surface area contributed by atoms with Gasteiger partial charge in [0.25, 0.3) is 0 Å². The summed E-state index contributed by atoms with van der Waals surface area (Å²) in [5.74, 6) is 0. The predicted molar refractivity (Wildman–Crippen MR) is 82.4 cm³/mol. The number of hydrogen-bond donors (Lipinski definition) is 1. The standard InChI is InChI=1S/C15H18Cl2N2O/c1-15(2,3)13-12(9-20)14(17)19(18-13)8-10-4-6-11(16)7-5-10/h4-7,20H,8-9H2,1-3H3. The first kappa shape index (κ1) is 15.4. The molecule has 1 aromatic carbocycles. The van der Waals surface area contributed by atoms with E-state index in [0.29, 0.717) is 22.3 Å². The van der Waals surface area contributed by atoms with Crippen molar-refractivity contribution in [2.75, 3.05) is 0 Å². The second kappa shape index (κ2) is 5.76. The van der Waals surface area contributed by atoms with Crippen LogP contribution in [0.15, 0.2) is 24.3 Å². The highest BCUT2D eigenvalue weighted by Gasteiger charge is 2.25. The van der Waals surface area contributed by atoms with E-state index >= 15 is 0 Å². The zero-order chi connectivity index (χ0) is 14.9. The van der Waals surface area contributed by atoms with Crippen LogP contribution in [0.25, 0.3) is 0 Å². The zero-order valence-electron chi connectivity index (χ0n) is 11.8. The van der Waals surface area contributed by atoms with Crippen molar-refractivity contribution >= 4 is 23.2 Å². The van der Waals surface area contributed by atoms with Crippen LogP contribution in [0.3, 0.4) is 0 Å². The molecule has 0 saturated heterocycles. The number of hydrogen-bond acceptors (Lipinski definition) is 2. The Bertz CT molecular complexity index is 598. The van der Waals surface area contributed by atoms with Gasteiger partial charge in [0, 0.05) is 16.0 Å². The predicted octanol–water partition coefficient (Wildman–Crippen LogP) is 4.03. The second-order valence-corrected chi connectivity index (χ2v) is 6.60. The van der Waals surface area contributed by atoms with Crippen LogP contribution in [0.2, 0.25) is 10.2 Å². The molecule has 2 rings (SSSR count). The van der Waals surface area contributed by atoms with Crippen molar-refractivity contribution in [3.63, 3.8) is 0 Å². The number of benzene rings is 1. The molecular weight excluding hydrogens is 295 g/mol. The van der Waals surface area contributed by atoms with E-state index in [1.54, 1.807) is 4.68 Å². The van der Waals surface area contributed by atoms with Gasteiger partial charge in [-0.15, -0.1) is 0 Å². The highest BCUT2D eigenvalue weighted by Crippen LogP contribution is 2.30. The first-order valence-electron chi connectivity index (χ1n) is 6.44. The summed E-state index contributed by atoms with van der Waals surface area (Å²) in [5, 5.41) is 15.3. The Kier molecular flexibility index (Phi) is 4.43. The Morgan fingerprint density at radius 3 is 2.20 bits per heavy atom. The van der Waals surface area contributed by atoms with Crippen molar-refractivity contribution in [2.45, 2.75) is 39.3 Å². The normalized spacial score (nSPS) is 11.9. The highest BCUT2D eigenvalue weighted by molar-refractivity contribution is 6.30. The minimum Gasteiger partial charge on any atom is -0.391 e. The molecule has 1 N–H and O–H groups in total. The number of aliphatic hydroxyl groups is 1. The first-order chi connectivity index (χ1) is 9.32. The summed E-state index contributed by atoms with van der Waals surface area (Å²) in [6.07, 6.45) is 0. The van der Waals surface area contributed by atoms with Crippen molar-refractivity contribution in [3.05, 3.63) is 51.3 Å². The molecule has 3 nitrogen and oxygen atoms in total. The highest BCUT2D eigenvalue weighted by atomic mass is 35.5. The van der Waals surface area contributed by atoms with E-state index in [1.807, 2.05) is 24.3 Å². The summed E-state index contributed by atoms with van der Waals surface area (Å²) in [6.45, 7) is 6.61. The van der Waals surface area contributed by atoms with E-state index in [2.05, 4.69) is 25.9 Å². The molecule has 0 aliphatic rings. The molecule has 0 saturated carbocycles. The van der Waals surface area contributed by atoms with Crippen molar-refractivity contribution in [1.82, 2.24) is 9.78 Å². The van der Waals surface area contributed by atoms with Crippen LogP contribution < -0.4 is 0 Å². The molecule has 0 radical (unpaired) electrons. The summed E-state index contributed by atoms with van der Waals surface area (Å²) < 4.78 is 1.72. The third-order valence-corrected chi connectivity index (χ3v) is 3.77. The first-order valence-corrected chi connectivity index (χ1v) is 7.19. The maximum absolute atomic E-state index is 9.52. The molecule has 108 valence electrons. The molecule has 0 unspecified atom stereocenters. The van der Waals surface area contributed by atoms with Crippen molar-refractivity contribution in [2.24, 2.45) is 0 Å². The molecule has 1 aromatic heterocycles. The third-order valence-electron chi connectivity index (χ3n) is 3.10. The summed E-state index contributed by atoms with van der Waals surface area (Å²) >= 11 is 12.2. The van der Waals surface area contributed by atoms with Gasteiger partial charge >= 0.3 is 0 Å². The van der Waals surface area contributed by atoms with Crippen LogP contribution in [0.1, 0.15) is 37.6 Å². The van der Waals surface area contributed by atoms with Gasteiger partial charge in [-0.05, 0) is 17.7 Å². The average molecular weight is 313 g/mol. The van der Waals surface area contributed by atoms with Gasteiger partial charge in [0.2, 0.25) is 0 Å². The minimum absolute atomic E-state index is 0.105. The third kappa shape index (κ3) is 3.17. The Morgan fingerprint density at radius 1 is 1.15 bits per heavy atom. The van der Waals surface area contributed by atoms with Gasteiger partial charge in [0.15, 0.2) is 0 Å². The Hall–Kier alpha value is -1.03. The van der Waals surface area contributed by atoms with E-state index in [1.165, 1.54) is 0 Å². The fourth-order valence-electron chi connectivity index (χ4n) is 2.09. The van der Waals surface area contributed by atoms with Crippen LogP contribution in [-0.4, -0.2) is 14.9 Å². The van der Waals surface area contributed by atoms with Crippen LogP contribution in [0, 0.1) is 0 Å². The van der Waals surface area contributed by atoms with E-state index in [9.17, 15) is 5.11 Å². The van der Waals surface area contributed by atoms with Gasteiger partial charge in [-0.3, -0.25) is 0 Å². The Labute approximate surface area is 129 Å². The lowest BCUT2D eigenvalue weighted by atomic mass is 9.90. The van der Waals surface area contributed by atoms with Gasteiger partial charge in [-0.2, -0.15) is 5.10 Å². The molecule has 0 amide bonds. The number of aliphatic hydroxyl groups excluding tert-OH is 1. The SMILES string of the molecule is CC(C)(C)c1nn(Cc2ccc(Cl)cc2)c(Cl)c1CO. The monoisotopic (exact) mass is 312 g/mol. The van der Waals surface area contributed by atoms with Gasteiger partial charge in [-0.25, -0.2) is 4.68 Å². The summed E-state index contributed by atoms with van der Waals surface area (Å²) in [5.41, 5.74) is 2.43. The minimum atomic E-state index is -0.160. The fraction of sp³-hybridized carbons (Fsp3) is 0.400. The molecule has 0 aliphatic carbocycles. The topological polar surface area (TPSA) is 38.0 Å². The van der Waals surface area contributed by atoms with E-state index < -0.39 is 0 Å². The molecule has 5 heteroatoms. The van der Waals surface area contributed by atoms with Gasteiger partial charge < -0.3 is 5.11 Å². The number of rotatable bonds is 3. The van der Waals surface area contributed by atoms with Crippen LogP contribution in [0.4, 0.5) is 0 Å². The molecule has 0 aliphatic heterocycles. The van der Waals surface area contributed by atoms with Crippen LogP contribution in [0.5, 0.6) is 0 Å². The molecule has 0 atom stereocenters. The van der Waals surface area contributed by atoms with E-state index in [-0.39, 0.29) is 12.0 Å². The average Bonchev–Trinajstić information content (AvgIpc) is 2.69. The van der Waals surface area contributed by atoms with Gasteiger partial charge in [0.1, 0.15) is 5.15 Å². The molecule has 0 spiro atoms. The number of nitrogens with zero attached hydrogens (tertiary/aromatic N) is 2.